The Morgan fingerprint density at radius 2 is 1.17 bits per heavy atom. The first-order chi connectivity index (χ1) is 14.7. The van der Waals surface area contributed by atoms with E-state index in [0.29, 0.717) is 0 Å². The molecule has 0 N–H and O–H groups in total. The van der Waals surface area contributed by atoms with Crippen LogP contribution in [0.25, 0.3) is 5.57 Å². The predicted molar refractivity (Wildman–Crippen MR) is 113 cm³/mol. The maximum absolute atomic E-state index is 12.8. The maximum Gasteiger partial charge on any atom is 0.429 e. The van der Waals surface area contributed by atoms with E-state index < -0.39 is 12.2 Å². The number of hydrogen-bond acceptors (Lipinski definition) is 4. The quantitative estimate of drug-likeness (QED) is 0.727. The van der Waals surface area contributed by atoms with Crippen molar-refractivity contribution in [3.8, 4) is 0 Å². The van der Waals surface area contributed by atoms with E-state index in [9.17, 15) is 9.59 Å². The summed E-state index contributed by atoms with van der Waals surface area (Å²) in [5, 5.41) is 2.91. The summed E-state index contributed by atoms with van der Waals surface area (Å²) in [5.74, 6) is 0. The molecule has 2 aliphatic rings. The number of ether oxygens (including phenoxy) is 2. The highest BCUT2D eigenvalue weighted by atomic mass is 16.6. The molecule has 2 aromatic rings. The van der Waals surface area contributed by atoms with Gasteiger partial charge >= 0.3 is 12.2 Å². The van der Waals surface area contributed by atoms with Crippen LogP contribution in [0.5, 0.6) is 0 Å². The highest BCUT2D eigenvalue weighted by Crippen LogP contribution is 2.47. The minimum Gasteiger partial charge on any atom is -0.448 e. The maximum atomic E-state index is 12.8. The van der Waals surface area contributed by atoms with Gasteiger partial charge in [0, 0.05) is 0 Å². The van der Waals surface area contributed by atoms with Crippen molar-refractivity contribution in [1.29, 1.82) is 0 Å². The van der Waals surface area contributed by atoms with Gasteiger partial charge in [-0.15, -0.1) is 0 Å². The monoisotopic (exact) mass is 406 g/mol. The van der Waals surface area contributed by atoms with Gasteiger partial charge in [-0.3, -0.25) is 0 Å². The molecule has 2 bridgehead atoms. The lowest BCUT2D eigenvalue weighted by Gasteiger charge is -2.35. The Labute approximate surface area is 176 Å². The number of amides is 2. The van der Waals surface area contributed by atoms with Crippen molar-refractivity contribution < 1.29 is 19.1 Å². The summed E-state index contributed by atoms with van der Waals surface area (Å²) in [6.45, 7) is 4.01. The van der Waals surface area contributed by atoms with Crippen molar-refractivity contribution in [2.45, 2.75) is 38.8 Å². The average molecular weight is 406 g/mol. The second-order valence-electron chi connectivity index (χ2n) is 7.26. The second kappa shape index (κ2) is 8.61. The van der Waals surface area contributed by atoms with Gasteiger partial charge in [-0.05, 0) is 49.0 Å². The van der Waals surface area contributed by atoms with E-state index in [4.69, 9.17) is 9.47 Å². The number of carbonyl (C=O) groups excluding carboxylic acids is 2. The van der Waals surface area contributed by atoms with Crippen molar-refractivity contribution in [2.24, 2.45) is 0 Å². The van der Waals surface area contributed by atoms with Gasteiger partial charge in [0.15, 0.2) is 0 Å². The first-order valence-electron chi connectivity index (χ1n) is 10.4. The largest absolute Gasteiger partial charge is 0.448 e. The molecule has 1 aliphatic heterocycles. The van der Waals surface area contributed by atoms with Crippen molar-refractivity contribution in [3.05, 3.63) is 77.4 Å². The average Bonchev–Trinajstić information content (AvgIpc) is 3.32. The molecule has 1 aliphatic carbocycles. The van der Waals surface area contributed by atoms with Crippen molar-refractivity contribution >= 4 is 17.8 Å². The van der Waals surface area contributed by atoms with Crippen LogP contribution < -0.4 is 0 Å². The molecule has 0 spiro atoms. The van der Waals surface area contributed by atoms with Gasteiger partial charge in [0.2, 0.25) is 0 Å². The fraction of sp³-hybridized carbons (Fsp3) is 0.333. The van der Waals surface area contributed by atoms with Crippen LogP contribution in [0, 0.1) is 0 Å². The lowest BCUT2D eigenvalue weighted by Crippen LogP contribution is -2.53. The van der Waals surface area contributed by atoms with Crippen LogP contribution in [0.1, 0.15) is 37.8 Å². The number of hydrazine groups is 1. The lowest BCUT2D eigenvalue weighted by molar-refractivity contribution is -0.0378. The summed E-state index contributed by atoms with van der Waals surface area (Å²) < 4.78 is 10.6. The van der Waals surface area contributed by atoms with E-state index in [1.54, 1.807) is 13.8 Å². The number of nitrogens with zero attached hydrogens (tertiary/aromatic N) is 2. The van der Waals surface area contributed by atoms with Gasteiger partial charge in [0.25, 0.3) is 0 Å². The van der Waals surface area contributed by atoms with Crippen molar-refractivity contribution in [1.82, 2.24) is 10.0 Å². The van der Waals surface area contributed by atoms with E-state index in [-0.39, 0.29) is 25.3 Å². The SMILES string of the molecule is CCOC(=O)N1C2CCC(C2=C(c2ccccc2)c2ccccc2)N1C(=O)OCC. The first kappa shape index (κ1) is 20.0. The Morgan fingerprint density at radius 3 is 1.53 bits per heavy atom. The minimum atomic E-state index is -0.518. The van der Waals surface area contributed by atoms with Crippen LogP contribution in [-0.4, -0.2) is 47.5 Å². The normalized spacial score (nSPS) is 19.7. The van der Waals surface area contributed by atoms with E-state index in [1.807, 2.05) is 36.4 Å². The summed E-state index contributed by atoms with van der Waals surface area (Å²) in [5.41, 5.74) is 4.24. The topological polar surface area (TPSA) is 59.1 Å². The molecular formula is C24H26N2O4. The predicted octanol–water partition coefficient (Wildman–Crippen LogP) is 4.87. The van der Waals surface area contributed by atoms with Crippen LogP contribution >= 0.6 is 0 Å². The van der Waals surface area contributed by atoms with Crippen LogP contribution in [0.3, 0.4) is 0 Å². The van der Waals surface area contributed by atoms with Crippen LogP contribution in [0.2, 0.25) is 0 Å². The summed E-state index contributed by atoms with van der Waals surface area (Å²) in [6.07, 6.45) is 0.516. The summed E-state index contributed by atoms with van der Waals surface area (Å²) in [6, 6.07) is 19.8. The Morgan fingerprint density at radius 1 is 0.767 bits per heavy atom. The van der Waals surface area contributed by atoms with Crippen LogP contribution in [0.15, 0.2) is 66.2 Å². The smallest absolute Gasteiger partial charge is 0.429 e. The minimum absolute atomic E-state index is 0.242. The highest BCUT2D eigenvalue weighted by Gasteiger charge is 2.55. The molecule has 1 saturated heterocycles. The molecule has 2 unspecified atom stereocenters. The van der Waals surface area contributed by atoms with Crippen molar-refractivity contribution in [3.63, 3.8) is 0 Å². The van der Waals surface area contributed by atoms with Gasteiger partial charge in [-0.1, -0.05) is 60.7 Å². The molecular weight excluding hydrogens is 380 g/mol. The Hall–Kier alpha value is -3.28. The third-order valence-corrected chi connectivity index (χ3v) is 5.58. The highest BCUT2D eigenvalue weighted by molar-refractivity contribution is 5.87. The number of carbonyl (C=O) groups is 2. The molecule has 2 atom stereocenters. The zero-order valence-electron chi connectivity index (χ0n) is 17.3. The van der Waals surface area contributed by atoms with Gasteiger partial charge in [0.1, 0.15) is 0 Å². The Kier molecular flexibility index (Phi) is 5.74. The van der Waals surface area contributed by atoms with Gasteiger partial charge < -0.3 is 9.47 Å². The second-order valence-corrected chi connectivity index (χ2v) is 7.26. The number of hydrogen-bond donors (Lipinski definition) is 0. The molecule has 0 aromatic heterocycles. The molecule has 2 amide bonds. The lowest BCUT2D eigenvalue weighted by atomic mass is 9.90. The third kappa shape index (κ3) is 3.43. The molecule has 2 aromatic carbocycles. The number of benzene rings is 2. The van der Waals surface area contributed by atoms with E-state index in [1.165, 1.54) is 10.0 Å². The number of rotatable bonds is 4. The summed E-state index contributed by atoms with van der Waals surface area (Å²) in [7, 11) is 0. The van der Waals surface area contributed by atoms with Crippen LogP contribution in [0.4, 0.5) is 9.59 Å². The molecule has 1 saturated carbocycles. The molecule has 6 heteroatoms. The third-order valence-electron chi connectivity index (χ3n) is 5.58. The van der Waals surface area contributed by atoms with E-state index >= 15 is 0 Å². The van der Waals surface area contributed by atoms with E-state index in [0.717, 1.165) is 35.1 Å². The molecule has 30 heavy (non-hydrogen) atoms. The molecule has 2 fully saturated rings. The van der Waals surface area contributed by atoms with Gasteiger partial charge in [0.05, 0.1) is 25.3 Å². The number of fused-ring (bicyclic) bond motifs is 2. The molecule has 4 rings (SSSR count). The first-order valence-corrected chi connectivity index (χ1v) is 10.4. The molecule has 6 nitrogen and oxygen atoms in total. The summed E-state index contributed by atoms with van der Waals surface area (Å²) in [4.78, 5) is 25.7. The summed E-state index contributed by atoms with van der Waals surface area (Å²) >= 11 is 0. The van der Waals surface area contributed by atoms with Gasteiger partial charge in [-0.25, -0.2) is 19.6 Å². The zero-order valence-corrected chi connectivity index (χ0v) is 17.3. The molecule has 0 radical (unpaired) electrons. The molecule has 1 heterocycles. The fourth-order valence-corrected chi connectivity index (χ4v) is 4.51. The Balaban J connectivity index is 1.89. The van der Waals surface area contributed by atoms with Gasteiger partial charge in [-0.2, -0.15) is 0 Å². The van der Waals surface area contributed by atoms with Crippen molar-refractivity contribution in [2.75, 3.05) is 13.2 Å². The molecule has 156 valence electrons. The Bertz CT molecular complexity index is 867. The fourth-order valence-electron chi connectivity index (χ4n) is 4.51. The zero-order chi connectivity index (χ0) is 21.1. The van der Waals surface area contributed by atoms with Crippen LogP contribution in [-0.2, 0) is 9.47 Å². The standard InChI is InChI=1S/C24H26N2O4/c1-3-29-23(27)25-19-15-16-20(26(25)24(28)30-4-2)22(19)21(17-11-7-5-8-12-17)18-13-9-6-10-14-18/h5-14,19-20H,3-4,15-16H2,1-2H3. The van der Waals surface area contributed by atoms with E-state index in [2.05, 4.69) is 24.3 Å².